The molecule has 0 aromatic heterocycles. The van der Waals surface area contributed by atoms with Gasteiger partial charge in [-0.15, -0.1) is 0 Å². The monoisotopic (exact) mass is 382 g/mol. The second kappa shape index (κ2) is 7.04. The van der Waals surface area contributed by atoms with Gasteiger partial charge in [-0.1, -0.05) is 63.2 Å². The average Bonchev–Trinajstić information content (AvgIpc) is 2.63. The van der Waals surface area contributed by atoms with Gasteiger partial charge in [0.15, 0.2) is 0 Å². The molecule has 0 aliphatic heterocycles. The fourth-order valence-corrected chi connectivity index (χ4v) is 3.56. The van der Waals surface area contributed by atoms with E-state index in [9.17, 15) is 13.5 Å². The number of phenols is 1. The molecule has 27 heavy (non-hydrogen) atoms. The summed E-state index contributed by atoms with van der Waals surface area (Å²) in [6.45, 7) is 6.20. The summed E-state index contributed by atoms with van der Waals surface area (Å²) >= 11 is 0. The average molecular weight is 382 g/mol. The molecule has 0 saturated carbocycles. The molecule has 0 aliphatic carbocycles. The van der Waals surface area contributed by atoms with Crippen LogP contribution in [0.25, 0.3) is 10.8 Å². The first-order valence-electron chi connectivity index (χ1n) is 8.55. The third kappa shape index (κ3) is 4.11. The van der Waals surface area contributed by atoms with Crippen LogP contribution in [-0.4, -0.2) is 19.7 Å². The number of nitrogens with one attached hydrogen (secondary N) is 1. The van der Waals surface area contributed by atoms with Crippen LogP contribution in [0.4, 0.5) is 0 Å². The van der Waals surface area contributed by atoms with Crippen LogP contribution in [-0.2, 0) is 15.4 Å². The molecule has 0 heterocycles. The van der Waals surface area contributed by atoms with Gasteiger partial charge in [0.2, 0.25) is 0 Å². The highest BCUT2D eigenvalue weighted by molar-refractivity contribution is 7.89. The smallest absolute Gasteiger partial charge is 0.276 e. The number of hydrazone groups is 1. The third-order valence-corrected chi connectivity index (χ3v) is 5.58. The van der Waals surface area contributed by atoms with Crippen molar-refractivity contribution in [2.45, 2.75) is 31.1 Å². The van der Waals surface area contributed by atoms with Crippen molar-refractivity contribution in [2.75, 3.05) is 0 Å². The Bertz CT molecular complexity index is 1100. The first-order chi connectivity index (χ1) is 12.7. The fourth-order valence-electron chi connectivity index (χ4n) is 2.77. The molecular formula is C21H22N2O3S. The van der Waals surface area contributed by atoms with Crippen LogP contribution in [0, 0.1) is 0 Å². The van der Waals surface area contributed by atoms with Crippen molar-refractivity contribution in [2.24, 2.45) is 5.10 Å². The molecule has 0 amide bonds. The molecule has 2 N–H and O–H groups in total. The zero-order chi connectivity index (χ0) is 19.7. The number of hydrogen-bond donors (Lipinski definition) is 2. The van der Waals surface area contributed by atoms with E-state index in [-0.39, 0.29) is 16.1 Å². The van der Waals surface area contributed by atoms with E-state index in [1.165, 1.54) is 6.21 Å². The van der Waals surface area contributed by atoms with E-state index in [2.05, 4.69) is 30.7 Å². The quantitative estimate of drug-likeness (QED) is 0.525. The van der Waals surface area contributed by atoms with Crippen LogP contribution >= 0.6 is 0 Å². The van der Waals surface area contributed by atoms with Crippen molar-refractivity contribution in [1.29, 1.82) is 0 Å². The van der Waals surface area contributed by atoms with Crippen LogP contribution < -0.4 is 4.83 Å². The Balaban J connectivity index is 1.85. The molecular weight excluding hydrogens is 360 g/mol. The molecule has 0 radical (unpaired) electrons. The predicted octanol–water partition coefficient (Wildman–Crippen LogP) is 4.16. The molecule has 6 heteroatoms. The maximum absolute atomic E-state index is 12.4. The Morgan fingerprint density at radius 2 is 1.63 bits per heavy atom. The lowest BCUT2D eigenvalue weighted by molar-refractivity contribution is 0.475. The van der Waals surface area contributed by atoms with Crippen LogP contribution in [0.3, 0.4) is 0 Å². The third-order valence-electron chi connectivity index (χ3n) is 4.34. The largest absolute Gasteiger partial charge is 0.507 e. The topological polar surface area (TPSA) is 78.8 Å². The molecule has 5 nitrogen and oxygen atoms in total. The number of fused-ring (bicyclic) bond motifs is 1. The number of phenolic OH excluding ortho intramolecular Hbond substituents is 1. The van der Waals surface area contributed by atoms with Crippen LogP contribution in [0.5, 0.6) is 5.75 Å². The van der Waals surface area contributed by atoms with Gasteiger partial charge in [-0.2, -0.15) is 13.5 Å². The van der Waals surface area contributed by atoms with Gasteiger partial charge in [0.1, 0.15) is 5.75 Å². The number of sulfonamides is 1. The number of nitrogens with zero attached hydrogens (tertiary/aromatic N) is 1. The summed E-state index contributed by atoms with van der Waals surface area (Å²) in [5.41, 5.74) is 1.45. The highest BCUT2D eigenvalue weighted by atomic mass is 32.2. The highest BCUT2D eigenvalue weighted by Crippen LogP contribution is 2.26. The molecule has 3 aromatic rings. The minimum Gasteiger partial charge on any atom is -0.507 e. The first-order valence-corrected chi connectivity index (χ1v) is 10.0. The maximum Gasteiger partial charge on any atom is 0.276 e. The minimum absolute atomic E-state index is 0.0335. The van der Waals surface area contributed by atoms with E-state index < -0.39 is 10.0 Å². The SMILES string of the molecule is CC(C)(C)c1ccc(S(=O)(=O)N/N=C\c2c(O)ccc3ccccc23)cc1. The Morgan fingerprint density at radius 3 is 2.30 bits per heavy atom. The Kier molecular flexibility index (Phi) is 4.93. The van der Waals surface area contributed by atoms with E-state index in [0.29, 0.717) is 5.56 Å². The minimum atomic E-state index is -3.79. The number of aromatic hydroxyl groups is 1. The summed E-state index contributed by atoms with van der Waals surface area (Å²) in [6, 6.07) is 17.6. The second-order valence-corrected chi connectivity index (χ2v) is 9.01. The summed E-state index contributed by atoms with van der Waals surface area (Å²) < 4.78 is 24.9. The van der Waals surface area contributed by atoms with Crippen molar-refractivity contribution < 1.29 is 13.5 Å². The number of rotatable bonds is 4. The fraction of sp³-hybridized carbons (Fsp3) is 0.190. The lowest BCUT2D eigenvalue weighted by atomic mass is 9.87. The standard InChI is InChI=1S/C21H22N2O3S/c1-21(2,3)16-9-11-17(12-10-16)27(25,26)23-22-14-19-18-7-5-4-6-15(18)8-13-20(19)24/h4-14,23-24H,1-3H3/b22-14-. The molecule has 0 atom stereocenters. The maximum atomic E-state index is 12.4. The lowest BCUT2D eigenvalue weighted by Gasteiger charge is -2.19. The van der Waals surface area contributed by atoms with Crippen molar-refractivity contribution >= 4 is 27.0 Å². The normalized spacial score (nSPS) is 12.6. The van der Waals surface area contributed by atoms with Gasteiger partial charge in [0.25, 0.3) is 10.0 Å². The predicted molar refractivity (Wildman–Crippen MR) is 109 cm³/mol. The van der Waals surface area contributed by atoms with Gasteiger partial charge in [-0.25, -0.2) is 4.83 Å². The van der Waals surface area contributed by atoms with Gasteiger partial charge in [0, 0.05) is 5.56 Å². The lowest BCUT2D eigenvalue weighted by Crippen LogP contribution is -2.19. The highest BCUT2D eigenvalue weighted by Gasteiger charge is 2.17. The zero-order valence-corrected chi connectivity index (χ0v) is 16.3. The summed E-state index contributed by atoms with van der Waals surface area (Å²) in [5, 5.41) is 15.7. The van der Waals surface area contributed by atoms with Gasteiger partial charge in [0.05, 0.1) is 11.1 Å². The second-order valence-electron chi connectivity index (χ2n) is 7.35. The molecule has 0 aliphatic rings. The van der Waals surface area contributed by atoms with E-state index in [0.717, 1.165) is 16.3 Å². The molecule has 0 saturated heterocycles. The van der Waals surface area contributed by atoms with Crippen LogP contribution in [0.1, 0.15) is 31.9 Å². The number of hydrogen-bond acceptors (Lipinski definition) is 4. The molecule has 140 valence electrons. The van der Waals surface area contributed by atoms with Crippen molar-refractivity contribution in [3.05, 3.63) is 71.8 Å². The molecule has 0 fully saturated rings. The Labute approximate surface area is 159 Å². The Hall–Kier alpha value is -2.86. The number of benzene rings is 3. The van der Waals surface area contributed by atoms with E-state index >= 15 is 0 Å². The molecule has 3 aromatic carbocycles. The van der Waals surface area contributed by atoms with E-state index in [1.54, 1.807) is 36.4 Å². The zero-order valence-electron chi connectivity index (χ0n) is 15.5. The summed E-state index contributed by atoms with van der Waals surface area (Å²) in [5.74, 6) is 0.0335. The van der Waals surface area contributed by atoms with E-state index in [4.69, 9.17) is 0 Å². The van der Waals surface area contributed by atoms with Gasteiger partial charge >= 0.3 is 0 Å². The van der Waals surface area contributed by atoms with E-state index in [1.807, 2.05) is 24.3 Å². The summed E-state index contributed by atoms with van der Waals surface area (Å²) in [6.07, 6.45) is 1.32. The van der Waals surface area contributed by atoms with Crippen LogP contribution in [0.2, 0.25) is 0 Å². The van der Waals surface area contributed by atoms with Crippen molar-refractivity contribution in [3.63, 3.8) is 0 Å². The molecule has 0 spiro atoms. The van der Waals surface area contributed by atoms with Crippen molar-refractivity contribution in [1.82, 2.24) is 4.83 Å². The van der Waals surface area contributed by atoms with Crippen molar-refractivity contribution in [3.8, 4) is 5.75 Å². The van der Waals surface area contributed by atoms with Gasteiger partial charge in [-0.3, -0.25) is 0 Å². The first kappa shape index (κ1) is 18.9. The summed E-state index contributed by atoms with van der Waals surface area (Å²) in [7, 11) is -3.79. The Morgan fingerprint density at radius 1 is 0.963 bits per heavy atom. The van der Waals surface area contributed by atoms with Crippen LogP contribution in [0.15, 0.2) is 70.7 Å². The van der Waals surface area contributed by atoms with Gasteiger partial charge < -0.3 is 5.11 Å². The summed E-state index contributed by atoms with van der Waals surface area (Å²) in [4.78, 5) is 2.34. The molecule has 3 rings (SSSR count). The van der Waals surface area contributed by atoms with Gasteiger partial charge in [-0.05, 0) is 39.9 Å². The molecule has 0 unspecified atom stereocenters. The molecule has 0 bridgehead atoms.